The van der Waals surface area contributed by atoms with Crippen LogP contribution < -0.4 is 31.1 Å². The van der Waals surface area contributed by atoms with E-state index in [9.17, 15) is 0 Å². The van der Waals surface area contributed by atoms with Crippen LogP contribution >= 0.6 is 0 Å². The summed E-state index contributed by atoms with van der Waals surface area (Å²) in [6, 6.07) is 86.8. The fourth-order valence-corrected chi connectivity index (χ4v) is 13.6. The number of unbranched alkanes of at least 4 members (excludes halogenated alkanes) is 1. The van der Waals surface area contributed by atoms with Gasteiger partial charge in [-0.2, -0.15) is 12.5 Å². The maximum Gasteiger partial charge on any atom is 2.00 e. The Labute approximate surface area is 562 Å². The van der Waals surface area contributed by atoms with E-state index in [-0.39, 0.29) is 77.6 Å². The standard InChI is InChI=1S/C81H73BN3O.2Cd/c1-12-13-22-53-31-46-68-71(49-53)85(61-43-37-58(38-44-61)80(6,7)8)77-52(2)67(81(9,10)11)51-73-76(77)82(68)69-47-45-62(50-72(69)84(73)60-39-32-55(33-40-60)64-28-21-29-66-65-27-19-20-30-74(65)86-78(64)66)83(59-41-35-57(36-42-59)79(3,4)5)70-48-34-54-23-17-18-26-63(54)75(70)56-24-15-14-16-25-56;;/h14-21,23-42,45-51H,2,12-13,22H2,1,3-11H3;;/q-3;;+2. The Morgan fingerprint density at radius 2 is 1.18 bits per heavy atom. The summed E-state index contributed by atoms with van der Waals surface area (Å²) < 4.78 is 6.66. The number of rotatable bonds is 10. The summed E-state index contributed by atoms with van der Waals surface area (Å²) in [5.74, 6) is 0. The first-order chi connectivity index (χ1) is 41.4. The van der Waals surface area contributed by atoms with Crippen molar-refractivity contribution in [1.29, 1.82) is 0 Å². The van der Waals surface area contributed by atoms with Crippen molar-refractivity contribution in [2.45, 2.75) is 105 Å². The third-order valence-electron chi connectivity index (χ3n) is 18.1. The average molecular weight is 1340 g/mol. The first kappa shape index (κ1) is 60.9. The Morgan fingerprint density at radius 3 is 1.88 bits per heavy atom. The second-order valence-electron chi connectivity index (χ2n) is 26.9. The Hall–Kier alpha value is -7.34. The van der Waals surface area contributed by atoms with Gasteiger partial charge in [0.05, 0.1) is 5.69 Å². The molecule has 0 aliphatic carbocycles. The largest absolute Gasteiger partial charge is 2.00 e. The Balaban J connectivity index is 0.00000377. The zero-order valence-electron chi connectivity index (χ0n) is 52.8. The molecule has 0 N–H and O–H groups in total. The quantitative estimate of drug-likeness (QED) is 0.101. The molecule has 11 aromatic carbocycles. The first-order valence-corrected chi connectivity index (χ1v) is 30.8. The molecule has 7 heteroatoms. The minimum atomic E-state index is -0.278. The van der Waals surface area contributed by atoms with Gasteiger partial charge >= 0.3 is 27.3 Å². The summed E-state index contributed by atoms with van der Waals surface area (Å²) in [7, 11) is 0. The van der Waals surface area contributed by atoms with Crippen molar-refractivity contribution < 1.29 is 59.0 Å². The number of para-hydroxylation sites is 2. The van der Waals surface area contributed by atoms with Crippen molar-refractivity contribution in [3.05, 3.63) is 259 Å². The number of benzene rings is 11. The van der Waals surface area contributed by atoms with Gasteiger partial charge in [-0.25, -0.2) is 5.69 Å². The van der Waals surface area contributed by atoms with Crippen LogP contribution in [0.1, 0.15) is 110 Å². The van der Waals surface area contributed by atoms with E-state index in [1.807, 2.05) is 6.07 Å². The van der Waals surface area contributed by atoms with E-state index in [1.165, 1.54) is 55.0 Å². The average Bonchev–Trinajstić information content (AvgIpc) is 1.32. The minimum absolute atomic E-state index is 0. The van der Waals surface area contributed by atoms with Crippen LogP contribution in [0.5, 0.6) is 0 Å². The second-order valence-corrected chi connectivity index (χ2v) is 26.9. The molecule has 3 heterocycles. The molecule has 0 bridgehead atoms. The number of fused-ring (bicyclic) bond motifs is 8. The van der Waals surface area contributed by atoms with Crippen LogP contribution in [-0.4, -0.2) is 6.71 Å². The monoisotopic (exact) mass is 1340 g/mol. The Morgan fingerprint density at radius 1 is 0.545 bits per heavy atom. The van der Waals surface area contributed by atoms with Crippen molar-refractivity contribution in [3.8, 4) is 22.3 Å². The molecule has 0 amide bonds. The van der Waals surface area contributed by atoms with E-state index in [4.69, 9.17) is 11.3 Å². The zero-order chi connectivity index (χ0) is 59.4. The predicted molar refractivity (Wildman–Crippen MR) is 368 cm³/mol. The van der Waals surface area contributed by atoms with Gasteiger partial charge in [0.15, 0.2) is 0 Å². The molecule has 0 spiro atoms. The molecule has 0 atom stereocenters. The van der Waals surface area contributed by atoms with E-state index in [0.29, 0.717) is 0 Å². The Kier molecular flexibility index (Phi) is 16.3. The molecule has 426 valence electrons. The molecule has 14 rings (SSSR count). The summed E-state index contributed by atoms with van der Waals surface area (Å²) in [5, 5.41) is 4.64. The van der Waals surface area contributed by atoms with Crippen LogP contribution in [0.25, 0.3) is 55.0 Å². The first-order valence-electron chi connectivity index (χ1n) is 30.8. The predicted octanol–water partition coefficient (Wildman–Crippen LogP) is 20.6. The van der Waals surface area contributed by atoms with Crippen molar-refractivity contribution in [2.75, 3.05) is 14.7 Å². The van der Waals surface area contributed by atoms with Gasteiger partial charge in [0.2, 0.25) is 6.71 Å². The van der Waals surface area contributed by atoms with Gasteiger partial charge < -0.3 is 31.2 Å². The molecule has 2 aliphatic heterocycles. The summed E-state index contributed by atoms with van der Waals surface area (Å²) in [4.78, 5) is 7.52. The van der Waals surface area contributed by atoms with Crippen molar-refractivity contribution in [3.63, 3.8) is 0 Å². The molecule has 0 saturated carbocycles. The molecule has 0 unspecified atom stereocenters. The van der Waals surface area contributed by atoms with Gasteiger partial charge in [-0.05, 0) is 117 Å². The van der Waals surface area contributed by atoms with Crippen LogP contribution in [0, 0.1) is 19.1 Å². The molecule has 88 heavy (non-hydrogen) atoms. The van der Waals surface area contributed by atoms with Gasteiger partial charge in [0, 0.05) is 83.3 Å². The van der Waals surface area contributed by atoms with E-state index < -0.39 is 0 Å². The van der Waals surface area contributed by atoms with E-state index in [1.54, 1.807) is 0 Å². The van der Waals surface area contributed by atoms with E-state index >= 15 is 0 Å². The second kappa shape index (κ2) is 23.6. The van der Waals surface area contributed by atoms with Crippen LogP contribution in [0.4, 0.5) is 51.2 Å². The van der Waals surface area contributed by atoms with E-state index in [0.717, 1.165) is 115 Å². The minimum Gasteiger partial charge on any atom is -0.455 e. The molecular formula is C81H73BCd2N3O-. The molecule has 0 radical (unpaired) electrons. The number of aryl methyl sites for hydroxylation is 1. The number of furan rings is 1. The molecular weight excluding hydrogens is 1270 g/mol. The SMILES string of the molecule is [CH2-]c1c(C(C)(C)C)cc2c3c1N(c1[c-]cc(C(C)(C)C)c[c-]1)c1cc(CCCC)ccc1B3c1ccc(N(c3ccc(C(C)(C)C)cc3)c3ccc4ccccc4c3-c3ccccc3)cc1N2c1ccc(-c2cccc3c2oc2ccccc23)cc1.[Cd+2].[Cd]. The Bertz CT molecular complexity index is 4590. The van der Waals surface area contributed by atoms with Gasteiger partial charge in [-0.3, -0.25) is 17.7 Å². The zero-order valence-corrected chi connectivity index (χ0v) is 60.8. The van der Waals surface area contributed by atoms with Crippen molar-refractivity contribution in [2.24, 2.45) is 0 Å². The maximum absolute atomic E-state index is 6.66. The van der Waals surface area contributed by atoms with Gasteiger partial charge in [0.1, 0.15) is 11.2 Å². The summed E-state index contributed by atoms with van der Waals surface area (Å²) in [5.41, 5.74) is 25.4. The van der Waals surface area contributed by atoms with Gasteiger partial charge in [-0.15, -0.1) is 11.0 Å². The molecule has 0 saturated heterocycles. The smallest absolute Gasteiger partial charge is 0.455 e. The van der Waals surface area contributed by atoms with E-state index in [2.05, 4.69) is 302 Å². The summed E-state index contributed by atoms with van der Waals surface area (Å²) in [6.45, 7) is 27.9. The number of hydrogen-bond acceptors (Lipinski definition) is 4. The fourth-order valence-electron chi connectivity index (χ4n) is 13.6. The third kappa shape index (κ3) is 10.6. The molecule has 12 aromatic rings. The van der Waals surface area contributed by atoms with Crippen LogP contribution in [0.2, 0.25) is 0 Å². The normalized spacial score (nSPS) is 12.8. The fraction of sp³-hybridized carbons (Fsp3) is 0.198. The van der Waals surface area contributed by atoms with Crippen LogP contribution in [0.15, 0.2) is 217 Å². The third-order valence-corrected chi connectivity index (χ3v) is 18.1. The maximum atomic E-state index is 6.66. The van der Waals surface area contributed by atoms with Crippen LogP contribution in [0.3, 0.4) is 0 Å². The summed E-state index contributed by atoms with van der Waals surface area (Å²) >= 11 is 0. The number of nitrogens with zero attached hydrogens (tertiary/aromatic N) is 3. The number of anilines is 9. The number of hydrogen-bond donors (Lipinski definition) is 0. The molecule has 4 nitrogen and oxygen atoms in total. The molecule has 1 aromatic heterocycles. The summed E-state index contributed by atoms with van der Waals surface area (Å²) in [6.07, 6.45) is 3.23. The molecule has 2 aliphatic rings. The molecule has 0 fully saturated rings. The van der Waals surface area contributed by atoms with Gasteiger partial charge in [-0.1, -0.05) is 238 Å². The van der Waals surface area contributed by atoms with Crippen LogP contribution in [-0.2, 0) is 77.3 Å². The van der Waals surface area contributed by atoms with Gasteiger partial charge in [0.25, 0.3) is 0 Å². The topological polar surface area (TPSA) is 22.9 Å². The van der Waals surface area contributed by atoms with Crippen molar-refractivity contribution in [1.82, 2.24) is 0 Å². The van der Waals surface area contributed by atoms with Crippen molar-refractivity contribution >= 4 is 107 Å².